The van der Waals surface area contributed by atoms with Crippen LogP contribution in [0.2, 0.25) is 0 Å². The number of amides is 1. The molecule has 0 aliphatic rings. The fourth-order valence-corrected chi connectivity index (χ4v) is 2.00. The minimum Gasteiger partial charge on any atom is -0.351 e. The summed E-state index contributed by atoms with van der Waals surface area (Å²) in [5.74, 6) is 0.365. The summed E-state index contributed by atoms with van der Waals surface area (Å²) in [6.07, 6.45) is 0.972. The molecule has 4 nitrogen and oxygen atoms in total. The molecule has 1 heterocycles. The molecule has 0 radical (unpaired) electrons. The molecule has 1 aromatic heterocycles. The van der Waals surface area contributed by atoms with Crippen molar-refractivity contribution in [1.29, 1.82) is 0 Å². The Hall–Kier alpha value is -2.10. The first-order chi connectivity index (χ1) is 9.20. The molecule has 0 bridgehead atoms. The highest BCUT2D eigenvalue weighted by Crippen LogP contribution is 2.18. The molecule has 0 aliphatic carbocycles. The highest BCUT2D eigenvalue weighted by atomic mass is 16.5. The Morgan fingerprint density at radius 1 is 1.37 bits per heavy atom. The first-order valence-corrected chi connectivity index (χ1v) is 6.47. The van der Waals surface area contributed by atoms with Gasteiger partial charge in [-0.3, -0.25) is 4.79 Å². The van der Waals surface area contributed by atoms with Crippen molar-refractivity contribution in [1.82, 2.24) is 10.5 Å². The van der Waals surface area contributed by atoms with Gasteiger partial charge < -0.3 is 9.84 Å². The first-order valence-electron chi connectivity index (χ1n) is 6.47. The van der Waals surface area contributed by atoms with Gasteiger partial charge in [0, 0.05) is 18.5 Å². The normalized spacial score (nSPS) is 12.1. The molecule has 4 heteroatoms. The highest BCUT2D eigenvalue weighted by Gasteiger charge is 2.14. The van der Waals surface area contributed by atoms with Crippen LogP contribution < -0.4 is 5.32 Å². The van der Waals surface area contributed by atoms with E-state index in [4.69, 9.17) is 4.52 Å². The van der Waals surface area contributed by atoms with Crippen molar-refractivity contribution in [3.05, 3.63) is 53.4 Å². The quantitative estimate of drug-likeness (QED) is 0.897. The molecule has 2 aromatic rings. The largest absolute Gasteiger partial charge is 0.351 e. The van der Waals surface area contributed by atoms with Gasteiger partial charge in [-0.1, -0.05) is 42.4 Å². The van der Waals surface area contributed by atoms with Gasteiger partial charge in [0.05, 0.1) is 5.69 Å². The minimum absolute atomic E-state index is 0.213. The zero-order chi connectivity index (χ0) is 13.7. The molecule has 1 atom stereocenters. The van der Waals surface area contributed by atoms with E-state index in [0.29, 0.717) is 18.2 Å². The second kappa shape index (κ2) is 6.18. The Morgan fingerprint density at radius 3 is 2.68 bits per heavy atom. The lowest BCUT2D eigenvalue weighted by molar-refractivity contribution is 0.0914. The SMILES string of the molecule is CC[C@H](CNC(=O)c1cc(C)no1)c1ccccc1. The van der Waals surface area contributed by atoms with E-state index in [0.717, 1.165) is 6.42 Å². The fourth-order valence-electron chi connectivity index (χ4n) is 2.00. The number of carbonyl (C=O) groups is 1. The summed E-state index contributed by atoms with van der Waals surface area (Å²) in [5, 5.41) is 6.60. The molecule has 1 amide bonds. The average Bonchev–Trinajstić information content (AvgIpc) is 2.87. The van der Waals surface area contributed by atoms with Crippen molar-refractivity contribution >= 4 is 5.91 Å². The van der Waals surface area contributed by atoms with Gasteiger partial charge in [0.15, 0.2) is 0 Å². The van der Waals surface area contributed by atoms with E-state index in [1.165, 1.54) is 5.56 Å². The fraction of sp³-hybridized carbons (Fsp3) is 0.333. The molecule has 1 aromatic carbocycles. The van der Waals surface area contributed by atoms with Crippen LogP contribution in [0.4, 0.5) is 0 Å². The molecular formula is C15H18N2O2. The topological polar surface area (TPSA) is 55.1 Å². The number of aromatic nitrogens is 1. The van der Waals surface area contributed by atoms with E-state index < -0.39 is 0 Å². The number of carbonyl (C=O) groups excluding carboxylic acids is 1. The lowest BCUT2D eigenvalue weighted by Gasteiger charge is -2.15. The first kappa shape index (κ1) is 13.3. The van der Waals surface area contributed by atoms with Crippen LogP contribution in [0.1, 0.15) is 41.1 Å². The van der Waals surface area contributed by atoms with Gasteiger partial charge >= 0.3 is 0 Å². The molecule has 0 unspecified atom stereocenters. The Balaban J connectivity index is 1.95. The molecule has 19 heavy (non-hydrogen) atoms. The third-order valence-corrected chi connectivity index (χ3v) is 3.12. The second-order valence-electron chi connectivity index (χ2n) is 4.56. The molecule has 0 aliphatic heterocycles. The van der Waals surface area contributed by atoms with Crippen molar-refractivity contribution in [3.8, 4) is 0 Å². The maximum absolute atomic E-state index is 11.9. The van der Waals surface area contributed by atoms with Gasteiger partial charge in [0.1, 0.15) is 0 Å². The van der Waals surface area contributed by atoms with Crippen LogP contribution in [0.25, 0.3) is 0 Å². The predicted octanol–water partition coefficient (Wildman–Crippen LogP) is 2.91. The van der Waals surface area contributed by atoms with Crippen molar-refractivity contribution in [2.75, 3.05) is 6.54 Å². The van der Waals surface area contributed by atoms with Gasteiger partial charge in [0.25, 0.3) is 5.91 Å². The Labute approximate surface area is 112 Å². The maximum Gasteiger partial charge on any atom is 0.289 e. The number of benzene rings is 1. The minimum atomic E-state index is -0.213. The summed E-state index contributed by atoms with van der Waals surface area (Å²) in [4.78, 5) is 11.9. The van der Waals surface area contributed by atoms with Crippen LogP contribution in [-0.4, -0.2) is 17.6 Å². The third-order valence-electron chi connectivity index (χ3n) is 3.12. The summed E-state index contributed by atoms with van der Waals surface area (Å²) in [6, 6.07) is 11.8. The second-order valence-corrected chi connectivity index (χ2v) is 4.56. The molecular weight excluding hydrogens is 240 g/mol. The Bertz CT molecular complexity index is 534. The number of hydrogen-bond donors (Lipinski definition) is 1. The van der Waals surface area contributed by atoms with Crippen LogP contribution in [0.3, 0.4) is 0 Å². The number of hydrogen-bond acceptors (Lipinski definition) is 3. The smallest absolute Gasteiger partial charge is 0.289 e. The third kappa shape index (κ3) is 3.44. The molecule has 0 fully saturated rings. The van der Waals surface area contributed by atoms with Crippen LogP contribution >= 0.6 is 0 Å². The van der Waals surface area contributed by atoms with Crippen molar-refractivity contribution in [2.45, 2.75) is 26.2 Å². The molecule has 0 spiro atoms. The van der Waals surface area contributed by atoms with E-state index in [2.05, 4.69) is 29.5 Å². The summed E-state index contributed by atoms with van der Waals surface area (Å²) in [6.45, 7) is 4.50. The molecule has 2 rings (SSSR count). The van der Waals surface area contributed by atoms with E-state index in [9.17, 15) is 4.79 Å². The van der Waals surface area contributed by atoms with E-state index >= 15 is 0 Å². The highest BCUT2D eigenvalue weighted by molar-refractivity contribution is 5.91. The zero-order valence-electron chi connectivity index (χ0n) is 11.2. The zero-order valence-corrected chi connectivity index (χ0v) is 11.2. The predicted molar refractivity (Wildman–Crippen MR) is 73.0 cm³/mol. The monoisotopic (exact) mass is 258 g/mol. The lowest BCUT2D eigenvalue weighted by atomic mass is 9.96. The van der Waals surface area contributed by atoms with Gasteiger partial charge in [-0.2, -0.15) is 0 Å². The number of rotatable bonds is 5. The number of aryl methyl sites for hydroxylation is 1. The lowest BCUT2D eigenvalue weighted by Crippen LogP contribution is -2.28. The molecule has 1 N–H and O–H groups in total. The van der Waals surface area contributed by atoms with Crippen LogP contribution in [0.15, 0.2) is 40.9 Å². The van der Waals surface area contributed by atoms with Gasteiger partial charge in [-0.15, -0.1) is 0 Å². The Kier molecular flexibility index (Phi) is 4.34. The Morgan fingerprint density at radius 2 is 2.11 bits per heavy atom. The summed E-state index contributed by atoms with van der Waals surface area (Å²) in [5.41, 5.74) is 1.94. The number of nitrogens with one attached hydrogen (secondary N) is 1. The summed E-state index contributed by atoms with van der Waals surface area (Å²) < 4.78 is 4.94. The van der Waals surface area contributed by atoms with Crippen LogP contribution in [0.5, 0.6) is 0 Å². The van der Waals surface area contributed by atoms with Crippen LogP contribution in [-0.2, 0) is 0 Å². The van der Waals surface area contributed by atoms with E-state index in [1.807, 2.05) is 18.2 Å². The standard InChI is InChI=1S/C15H18N2O2/c1-3-12(13-7-5-4-6-8-13)10-16-15(18)14-9-11(2)17-19-14/h4-9,12H,3,10H2,1-2H3,(H,16,18)/t12-/m1/s1. The van der Waals surface area contributed by atoms with Crippen molar-refractivity contribution in [2.24, 2.45) is 0 Å². The van der Waals surface area contributed by atoms with Gasteiger partial charge in [-0.25, -0.2) is 0 Å². The summed E-state index contributed by atoms with van der Waals surface area (Å²) in [7, 11) is 0. The average molecular weight is 258 g/mol. The number of nitrogens with zero attached hydrogens (tertiary/aromatic N) is 1. The van der Waals surface area contributed by atoms with E-state index in [-0.39, 0.29) is 11.7 Å². The molecule has 0 saturated carbocycles. The van der Waals surface area contributed by atoms with Gasteiger partial charge in [0.2, 0.25) is 5.76 Å². The van der Waals surface area contributed by atoms with E-state index in [1.54, 1.807) is 13.0 Å². The van der Waals surface area contributed by atoms with Gasteiger partial charge in [-0.05, 0) is 18.9 Å². The summed E-state index contributed by atoms with van der Waals surface area (Å²) >= 11 is 0. The maximum atomic E-state index is 11.9. The van der Waals surface area contributed by atoms with Crippen molar-refractivity contribution < 1.29 is 9.32 Å². The molecule has 100 valence electrons. The van der Waals surface area contributed by atoms with Crippen molar-refractivity contribution in [3.63, 3.8) is 0 Å². The molecule has 0 saturated heterocycles. The van der Waals surface area contributed by atoms with Crippen LogP contribution in [0, 0.1) is 6.92 Å².